The van der Waals surface area contributed by atoms with Gasteiger partial charge < -0.3 is 4.90 Å². The normalized spacial score (nSPS) is 11.0. The highest BCUT2D eigenvalue weighted by Crippen LogP contribution is 2.26. The van der Waals surface area contributed by atoms with Crippen molar-refractivity contribution in [1.29, 1.82) is 0 Å². The minimum Gasteiger partial charge on any atom is -0.339 e. The molecule has 0 spiro atoms. The van der Waals surface area contributed by atoms with Gasteiger partial charge in [-0.25, -0.2) is 9.67 Å². The van der Waals surface area contributed by atoms with Crippen LogP contribution in [0.3, 0.4) is 0 Å². The predicted molar refractivity (Wildman–Crippen MR) is 111 cm³/mol. The van der Waals surface area contributed by atoms with Gasteiger partial charge in [0.2, 0.25) is 0 Å². The van der Waals surface area contributed by atoms with E-state index in [0.717, 1.165) is 16.5 Å². The van der Waals surface area contributed by atoms with Crippen molar-refractivity contribution in [1.82, 2.24) is 29.6 Å². The minimum atomic E-state index is -0.0199. The molecular weight excluding hydrogens is 364 g/mol. The Bertz CT molecular complexity index is 1120. The summed E-state index contributed by atoms with van der Waals surface area (Å²) in [5, 5.41) is 5.27. The third-order valence-corrected chi connectivity index (χ3v) is 4.90. The highest BCUT2D eigenvalue weighted by Gasteiger charge is 2.20. The Kier molecular flexibility index (Phi) is 5.29. The van der Waals surface area contributed by atoms with E-state index in [0.29, 0.717) is 36.5 Å². The molecule has 7 heteroatoms. The Hall–Kier alpha value is -3.61. The van der Waals surface area contributed by atoms with Gasteiger partial charge in [-0.3, -0.25) is 14.8 Å². The smallest absolute Gasteiger partial charge is 0.254 e. The fraction of sp³-hybridized carbons (Fsp3) is 0.227. The van der Waals surface area contributed by atoms with E-state index < -0.39 is 0 Å². The largest absolute Gasteiger partial charge is 0.339 e. The Labute approximate surface area is 169 Å². The van der Waals surface area contributed by atoms with Gasteiger partial charge >= 0.3 is 0 Å². The molecule has 0 N–H and O–H groups in total. The molecule has 4 heterocycles. The van der Waals surface area contributed by atoms with Crippen LogP contribution in [0.5, 0.6) is 0 Å². The number of hydrogen-bond acceptors (Lipinski definition) is 5. The third kappa shape index (κ3) is 3.71. The second-order valence-electron chi connectivity index (χ2n) is 6.67. The maximum Gasteiger partial charge on any atom is 0.254 e. The summed E-state index contributed by atoms with van der Waals surface area (Å²) in [7, 11) is 0. The van der Waals surface area contributed by atoms with Crippen molar-refractivity contribution in [2.24, 2.45) is 0 Å². The number of fused-ring (bicyclic) bond motifs is 1. The van der Waals surface area contributed by atoms with E-state index >= 15 is 0 Å². The van der Waals surface area contributed by atoms with E-state index in [-0.39, 0.29) is 5.91 Å². The molecule has 0 radical (unpaired) electrons. The second-order valence-corrected chi connectivity index (χ2v) is 6.67. The van der Waals surface area contributed by atoms with Crippen LogP contribution in [0, 0.1) is 0 Å². The fourth-order valence-electron chi connectivity index (χ4n) is 3.35. The Morgan fingerprint density at radius 3 is 2.45 bits per heavy atom. The number of carbonyl (C=O) groups excluding carboxylic acids is 1. The molecule has 4 aromatic rings. The molecule has 7 nitrogen and oxygen atoms in total. The average Bonchev–Trinajstić information content (AvgIpc) is 3.18. The molecule has 146 valence electrons. The van der Waals surface area contributed by atoms with Crippen LogP contribution in [-0.4, -0.2) is 48.6 Å². The summed E-state index contributed by atoms with van der Waals surface area (Å²) in [5.41, 5.74) is 3.86. The maximum atomic E-state index is 13.2. The number of aromatic nitrogens is 5. The number of carbonyl (C=O) groups is 1. The zero-order valence-electron chi connectivity index (χ0n) is 16.5. The molecule has 0 aliphatic rings. The van der Waals surface area contributed by atoms with Crippen LogP contribution < -0.4 is 0 Å². The Balaban J connectivity index is 1.88. The maximum absolute atomic E-state index is 13.2. The highest BCUT2D eigenvalue weighted by atomic mass is 16.2. The van der Waals surface area contributed by atoms with E-state index in [9.17, 15) is 4.79 Å². The molecule has 0 bridgehead atoms. The van der Waals surface area contributed by atoms with Crippen molar-refractivity contribution < 1.29 is 4.79 Å². The number of pyridine rings is 3. The topological polar surface area (TPSA) is 76.8 Å². The van der Waals surface area contributed by atoms with Gasteiger partial charge in [0, 0.05) is 43.4 Å². The number of rotatable bonds is 6. The van der Waals surface area contributed by atoms with Crippen molar-refractivity contribution in [3.63, 3.8) is 0 Å². The zero-order valence-corrected chi connectivity index (χ0v) is 16.5. The summed E-state index contributed by atoms with van der Waals surface area (Å²) in [6, 6.07) is 9.53. The molecule has 4 aromatic heterocycles. The van der Waals surface area contributed by atoms with Crippen LogP contribution in [0.1, 0.15) is 29.8 Å². The quantitative estimate of drug-likeness (QED) is 0.507. The monoisotopic (exact) mass is 386 g/mol. The molecule has 29 heavy (non-hydrogen) atoms. The van der Waals surface area contributed by atoms with E-state index in [2.05, 4.69) is 15.1 Å². The van der Waals surface area contributed by atoms with Crippen LogP contribution in [0.2, 0.25) is 0 Å². The summed E-state index contributed by atoms with van der Waals surface area (Å²) in [6.07, 6.45) is 8.74. The standard InChI is InChI=1S/C22H22N6O/c1-3-27(4-2)22(29)18-11-20(17-8-6-10-24-13-17)26-21-19(18)14-25-28(21)15-16-7-5-9-23-12-16/h5-14H,3-4,15H2,1-2H3. The van der Waals surface area contributed by atoms with Gasteiger partial charge in [0.1, 0.15) is 0 Å². The summed E-state index contributed by atoms with van der Waals surface area (Å²) in [4.78, 5) is 28.2. The molecule has 0 fully saturated rings. The molecule has 0 atom stereocenters. The van der Waals surface area contributed by atoms with Crippen molar-refractivity contribution in [3.8, 4) is 11.3 Å². The Morgan fingerprint density at radius 2 is 1.79 bits per heavy atom. The summed E-state index contributed by atoms with van der Waals surface area (Å²) in [6.45, 7) is 5.78. The van der Waals surface area contributed by atoms with Gasteiger partial charge in [-0.2, -0.15) is 5.10 Å². The molecule has 0 aliphatic carbocycles. The first-order valence-electron chi connectivity index (χ1n) is 9.66. The molecular formula is C22H22N6O. The van der Waals surface area contributed by atoms with Crippen LogP contribution in [-0.2, 0) is 6.54 Å². The number of hydrogen-bond donors (Lipinski definition) is 0. The van der Waals surface area contributed by atoms with Crippen molar-refractivity contribution in [2.75, 3.05) is 13.1 Å². The number of nitrogens with zero attached hydrogens (tertiary/aromatic N) is 6. The molecule has 1 amide bonds. The van der Waals surface area contributed by atoms with Crippen LogP contribution >= 0.6 is 0 Å². The second kappa shape index (κ2) is 8.18. The molecule has 0 unspecified atom stereocenters. The lowest BCUT2D eigenvalue weighted by Crippen LogP contribution is -2.30. The molecule has 0 aromatic carbocycles. The lowest BCUT2D eigenvalue weighted by Gasteiger charge is -2.19. The minimum absolute atomic E-state index is 0.0199. The molecule has 0 saturated heterocycles. The lowest BCUT2D eigenvalue weighted by molar-refractivity contribution is 0.0775. The van der Waals surface area contributed by atoms with Gasteiger partial charge in [0.25, 0.3) is 5.91 Å². The summed E-state index contributed by atoms with van der Waals surface area (Å²) >= 11 is 0. The van der Waals surface area contributed by atoms with Crippen molar-refractivity contribution >= 4 is 16.9 Å². The summed E-state index contributed by atoms with van der Waals surface area (Å²) in [5.74, 6) is -0.0199. The zero-order chi connectivity index (χ0) is 20.2. The van der Waals surface area contributed by atoms with Gasteiger partial charge in [-0.15, -0.1) is 0 Å². The van der Waals surface area contributed by atoms with Gasteiger partial charge in [0.15, 0.2) is 5.65 Å². The van der Waals surface area contributed by atoms with Crippen molar-refractivity contribution in [2.45, 2.75) is 20.4 Å². The van der Waals surface area contributed by atoms with Crippen LogP contribution in [0.15, 0.2) is 61.3 Å². The van der Waals surface area contributed by atoms with E-state index in [1.807, 2.05) is 48.9 Å². The first-order chi connectivity index (χ1) is 14.2. The fourth-order valence-corrected chi connectivity index (χ4v) is 3.35. The lowest BCUT2D eigenvalue weighted by atomic mass is 10.1. The Morgan fingerprint density at radius 1 is 1.03 bits per heavy atom. The average molecular weight is 386 g/mol. The first-order valence-corrected chi connectivity index (χ1v) is 9.66. The van der Waals surface area contributed by atoms with E-state index in [4.69, 9.17) is 4.98 Å². The highest BCUT2D eigenvalue weighted by molar-refractivity contribution is 6.06. The molecule has 4 rings (SSSR count). The van der Waals surface area contributed by atoms with E-state index in [1.54, 1.807) is 35.9 Å². The van der Waals surface area contributed by atoms with Gasteiger partial charge in [0.05, 0.1) is 29.4 Å². The summed E-state index contributed by atoms with van der Waals surface area (Å²) < 4.78 is 1.81. The predicted octanol–water partition coefficient (Wildman–Crippen LogP) is 3.42. The molecule has 0 saturated carbocycles. The van der Waals surface area contributed by atoms with Gasteiger partial charge in [-0.1, -0.05) is 6.07 Å². The third-order valence-electron chi connectivity index (χ3n) is 4.90. The SMILES string of the molecule is CCN(CC)C(=O)c1cc(-c2cccnc2)nc2c1cnn2Cc1cccnc1. The van der Waals surface area contributed by atoms with Crippen LogP contribution in [0.25, 0.3) is 22.3 Å². The van der Waals surface area contributed by atoms with E-state index in [1.165, 1.54) is 0 Å². The van der Waals surface area contributed by atoms with Crippen molar-refractivity contribution in [3.05, 3.63) is 72.4 Å². The number of amides is 1. The van der Waals surface area contributed by atoms with Gasteiger partial charge in [-0.05, 0) is 43.7 Å². The molecule has 0 aliphatic heterocycles. The first kappa shape index (κ1) is 18.7. The van der Waals surface area contributed by atoms with Crippen LogP contribution in [0.4, 0.5) is 0 Å².